The molecule has 1 rings (SSSR count). The molecular formula is C10H10F4O. The molecule has 0 saturated heterocycles. The van der Waals surface area contributed by atoms with Crippen molar-refractivity contribution in [2.24, 2.45) is 0 Å². The van der Waals surface area contributed by atoms with Crippen molar-refractivity contribution in [1.29, 1.82) is 0 Å². The van der Waals surface area contributed by atoms with Crippen molar-refractivity contribution in [1.82, 2.24) is 0 Å². The van der Waals surface area contributed by atoms with Crippen LogP contribution in [0.1, 0.15) is 11.1 Å². The zero-order chi connectivity index (χ0) is 11.5. The fourth-order valence-corrected chi connectivity index (χ4v) is 1.19. The van der Waals surface area contributed by atoms with Gasteiger partial charge < -0.3 is 5.11 Å². The third kappa shape index (κ3) is 3.51. The highest BCUT2D eigenvalue weighted by atomic mass is 19.4. The van der Waals surface area contributed by atoms with E-state index in [0.29, 0.717) is 0 Å². The zero-order valence-corrected chi connectivity index (χ0v) is 7.76. The maximum absolute atomic E-state index is 12.7. The molecule has 0 aliphatic carbocycles. The average molecular weight is 222 g/mol. The van der Waals surface area contributed by atoms with Gasteiger partial charge in [-0.05, 0) is 11.6 Å². The summed E-state index contributed by atoms with van der Waals surface area (Å²) in [5.41, 5.74) is -0.573. The SMILES string of the molecule is OC[C@@H](F)Cc1cccc(C(F)(F)F)c1. The maximum Gasteiger partial charge on any atom is 0.416 e. The van der Waals surface area contributed by atoms with Gasteiger partial charge in [-0.15, -0.1) is 0 Å². The van der Waals surface area contributed by atoms with Gasteiger partial charge >= 0.3 is 6.18 Å². The van der Waals surface area contributed by atoms with E-state index in [1.807, 2.05) is 0 Å². The van der Waals surface area contributed by atoms with Crippen LogP contribution < -0.4 is 0 Å². The van der Waals surface area contributed by atoms with Gasteiger partial charge in [-0.2, -0.15) is 13.2 Å². The van der Waals surface area contributed by atoms with Crippen molar-refractivity contribution in [3.8, 4) is 0 Å². The molecule has 0 unspecified atom stereocenters. The number of halogens is 4. The average Bonchev–Trinajstić information content (AvgIpc) is 2.17. The van der Waals surface area contributed by atoms with Crippen molar-refractivity contribution >= 4 is 0 Å². The van der Waals surface area contributed by atoms with Crippen LogP contribution in [0.15, 0.2) is 24.3 Å². The van der Waals surface area contributed by atoms with E-state index < -0.39 is 24.5 Å². The normalized spacial score (nSPS) is 13.9. The lowest BCUT2D eigenvalue weighted by atomic mass is 10.1. The maximum atomic E-state index is 12.7. The fourth-order valence-electron chi connectivity index (χ4n) is 1.19. The van der Waals surface area contributed by atoms with Gasteiger partial charge in [0.25, 0.3) is 0 Å². The second-order valence-electron chi connectivity index (χ2n) is 3.18. The summed E-state index contributed by atoms with van der Waals surface area (Å²) in [6.45, 7) is -0.684. The Morgan fingerprint density at radius 2 is 1.93 bits per heavy atom. The lowest BCUT2D eigenvalue weighted by Crippen LogP contribution is -2.11. The van der Waals surface area contributed by atoms with Crippen molar-refractivity contribution in [2.45, 2.75) is 18.8 Å². The topological polar surface area (TPSA) is 20.2 Å². The van der Waals surface area contributed by atoms with E-state index in [1.54, 1.807) is 0 Å². The van der Waals surface area contributed by atoms with Crippen molar-refractivity contribution in [3.63, 3.8) is 0 Å². The Bertz CT molecular complexity index is 321. The second-order valence-corrected chi connectivity index (χ2v) is 3.18. The molecule has 1 nitrogen and oxygen atoms in total. The van der Waals surface area contributed by atoms with Crippen molar-refractivity contribution < 1.29 is 22.7 Å². The Labute approximate surface area is 84.3 Å². The number of hydrogen-bond acceptors (Lipinski definition) is 1. The first-order chi connectivity index (χ1) is 6.93. The molecule has 0 radical (unpaired) electrons. The van der Waals surface area contributed by atoms with E-state index in [1.165, 1.54) is 12.1 Å². The molecule has 1 N–H and O–H groups in total. The molecule has 0 amide bonds. The Kier molecular flexibility index (Phi) is 3.68. The van der Waals surface area contributed by atoms with Crippen LogP contribution in [0, 0.1) is 0 Å². The molecule has 0 aliphatic heterocycles. The fraction of sp³-hybridized carbons (Fsp3) is 0.400. The molecular weight excluding hydrogens is 212 g/mol. The van der Waals surface area contributed by atoms with Gasteiger partial charge in [0.2, 0.25) is 0 Å². The minimum Gasteiger partial charge on any atom is -0.393 e. The molecule has 0 heterocycles. The van der Waals surface area contributed by atoms with Gasteiger partial charge in [0.05, 0.1) is 12.2 Å². The van der Waals surface area contributed by atoms with E-state index in [-0.39, 0.29) is 12.0 Å². The number of hydrogen-bond donors (Lipinski definition) is 1. The first kappa shape index (κ1) is 12.0. The van der Waals surface area contributed by atoms with Crippen LogP contribution in [0.3, 0.4) is 0 Å². The molecule has 0 aromatic heterocycles. The summed E-state index contributed by atoms with van der Waals surface area (Å²) >= 11 is 0. The lowest BCUT2D eigenvalue weighted by Gasteiger charge is -2.09. The second kappa shape index (κ2) is 4.61. The predicted molar refractivity (Wildman–Crippen MR) is 47.1 cm³/mol. The molecule has 5 heteroatoms. The summed E-state index contributed by atoms with van der Waals surface area (Å²) in [6, 6.07) is 4.44. The van der Waals surface area contributed by atoms with Gasteiger partial charge in [-0.3, -0.25) is 0 Å². The molecule has 15 heavy (non-hydrogen) atoms. The molecule has 0 fully saturated rings. The van der Waals surface area contributed by atoms with E-state index in [9.17, 15) is 17.6 Å². The predicted octanol–water partition coefficient (Wildman–Crippen LogP) is 2.58. The van der Waals surface area contributed by atoms with Crippen LogP contribution in [0.25, 0.3) is 0 Å². The Hall–Kier alpha value is -1.10. The number of aliphatic hydroxyl groups is 1. The Morgan fingerprint density at radius 1 is 1.27 bits per heavy atom. The quantitative estimate of drug-likeness (QED) is 0.779. The number of alkyl halides is 4. The third-order valence-corrected chi connectivity index (χ3v) is 1.91. The molecule has 84 valence electrons. The van der Waals surface area contributed by atoms with Crippen LogP contribution >= 0.6 is 0 Å². The first-order valence-corrected chi connectivity index (χ1v) is 4.34. The highest BCUT2D eigenvalue weighted by Gasteiger charge is 2.30. The van der Waals surface area contributed by atoms with Crippen LogP contribution in [-0.4, -0.2) is 17.9 Å². The van der Waals surface area contributed by atoms with Gasteiger partial charge in [-0.1, -0.05) is 18.2 Å². The van der Waals surface area contributed by atoms with Gasteiger partial charge in [0.15, 0.2) is 0 Å². The van der Waals surface area contributed by atoms with Crippen LogP contribution in [0.5, 0.6) is 0 Å². The van der Waals surface area contributed by atoms with Crippen LogP contribution in [-0.2, 0) is 12.6 Å². The van der Waals surface area contributed by atoms with E-state index in [2.05, 4.69) is 0 Å². The first-order valence-electron chi connectivity index (χ1n) is 4.34. The van der Waals surface area contributed by atoms with Crippen LogP contribution in [0.4, 0.5) is 17.6 Å². The highest BCUT2D eigenvalue weighted by Crippen LogP contribution is 2.29. The molecule has 1 aromatic rings. The summed E-state index contributed by atoms with van der Waals surface area (Å²) in [5, 5.41) is 8.43. The standard InChI is InChI=1S/C10H10F4O/c11-9(6-15)5-7-2-1-3-8(4-7)10(12,13)14/h1-4,9,15H,5-6H2/t9-/m0/s1. The lowest BCUT2D eigenvalue weighted by molar-refractivity contribution is -0.137. The van der Waals surface area contributed by atoms with E-state index in [0.717, 1.165) is 12.1 Å². The molecule has 1 aromatic carbocycles. The summed E-state index contributed by atoms with van der Waals surface area (Å²) in [5.74, 6) is 0. The van der Waals surface area contributed by atoms with E-state index >= 15 is 0 Å². The number of rotatable bonds is 3. The molecule has 1 atom stereocenters. The summed E-state index contributed by atoms with van der Waals surface area (Å²) in [6.07, 6.45) is -6.14. The summed E-state index contributed by atoms with van der Waals surface area (Å²) in [7, 11) is 0. The monoisotopic (exact) mass is 222 g/mol. The van der Waals surface area contributed by atoms with Crippen LogP contribution in [0.2, 0.25) is 0 Å². The zero-order valence-electron chi connectivity index (χ0n) is 7.76. The minimum atomic E-state index is -4.42. The Balaban J connectivity index is 2.84. The third-order valence-electron chi connectivity index (χ3n) is 1.91. The van der Waals surface area contributed by atoms with Crippen molar-refractivity contribution in [3.05, 3.63) is 35.4 Å². The Morgan fingerprint density at radius 3 is 2.47 bits per heavy atom. The van der Waals surface area contributed by atoms with Crippen molar-refractivity contribution in [2.75, 3.05) is 6.61 Å². The summed E-state index contributed by atoms with van der Waals surface area (Å²) in [4.78, 5) is 0. The molecule has 0 bridgehead atoms. The molecule has 0 spiro atoms. The van der Waals surface area contributed by atoms with E-state index in [4.69, 9.17) is 5.11 Å². The van der Waals surface area contributed by atoms with Gasteiger partial charge in [0.1, 0.15) is 6.17 Å². The van der Waals surface area contributed by atoms with Gasteiger partial charge in [-0.25, -0.2) is 4.39 Å². The summed E-state index contributed by atoms with van der Waals surface area (Å²) < 4.78 is 49.4. The number of aliphatic hydroxyl groups excluding tert-OH is 1. The minimum absolute atomic E-state index is 0.208. The number of benzene rings is 1. The highest BCUT2D eigenvalue weighted by molar-refractivity contribution is 5.26. The molecule has 0 aliphatic rings. The molecule has 0 saturated carbocycles. The largest absolute Gasteiger partial charge is 0.416 e. The smallest absolute Gasteiger partial charge is 0.393 e. The van der Waals surface area contributed by atoms with Gasteiger partial charge in [0, 0.05) is 6.42 Å².